The van der Waals surface area contributed by atoms with Crippen molar-refractivity contribution in [2.45, 2.75) is 38.3 Å². The highest BCUT2D eigenvalue weighted by Gasteiger charge is 2.25. The standard InChI is InChI=1S/C12H21N3O5/c1-2-15-5-3-4-8(15)7-13-12(20)14-9(11(18)19)6-10(16)17/h8-9H,2-7H2,1H3,(H,16,17)(H,18,19)(H2,13,14,20)/t8?,9-/m1/s1. The van der Waals surface area contributed by atoms with E-state index in [2.05, 4.69) is 15.5 Å². The van der Waals surface area contributed by atoms with E-state index in [0.29, 0.717) is 6.54 Å². The van der Waals surface area contributed by atoms with Crippen LogP contribution in [0.25, 0.3) is 0 Å². The number of urea groups is 1. The Balaban J connectivity index is 2.38. The molecule has 0 aromatic heterocycles. The maximum atomic E-state index is 11.6. The summed E-state index contributed by atoms with van der Waals surface area (Å²) in [5.41, 5.74) is 0. The predicted molar refractivity (Wildman–Crippen MR) is 70.5 cm³/mol. The number of nitrogens with one attached hydrogen (secondary N) is 2. The van der Waals surface area contributed by atoms with Gasteiger partial charge in [0.15, 0.2) is 0 Å². The van der Waals surface area contributed by atoms with Gasteiger partial charge in [0.05, 0.1) is 6.42 Å². The van der Waals surface area contributed by atoms with Crippen LogP contribution in [0, 0.1) is 0 Å². The van der Waals surface area contributed by atoms with Gasteiger partial charge in [-0.3, -0.25) is 9.69 Å². The van der Waals surface area contributed by atoms with E-state index in [1.165, 1.54) is 0 Å². The van der Waals surface area contributed by atoms with E-state index >= 15 is 0 Å². The van der Waals surface area contributed by atoms with E-state index < -0.39 is 30.4 Å². The molecule has 1 unspecified atom stereocenters. The minimum Gasteiger partial charge on any atom is -0.481 e. The lowest BCUT2D eigenvalue weighted by molar-refractivity contribution is -0.145. The number of rotatable bonds is 7. The number of likely N-dealkylation sites (N-methyl/N-ethyl adjacent to an activating group) is 1. The highest BCUT2D eigenvalue weighted by Crippen LogP contribution is 2.15. The summed E-state index contributed by atoms with van der Waals surface area (Å²) < 4.78 is 0. The van der Waals surface area contributed by atoms with Crippen LogP contribution in [0.5, 0.6) is 0 Å². The van der Waals surface area contributed by atoms with E-state index in [1.807, 2.05) is 6.92 Å². The Morgan fingerprint density at radius 1 is 1.35 bits per heavy atom. The van der Waals surface area contributed by atoms with Crippen LogP contribution in [0.15, 0.2) is 0 Å². The molecule has 8 nitrogen and oxygen atoms in total. The molecule has 2 atom stereocenters. The summed E-state index contributed by atoms with van der Waals surface area (Å²) in [6.07, 6.45) is 1.43. The normalized spacial score (nSPS) is 20.4. The molecule has 1 aliphatic rings. The third-order valence-corrected chi connectivity index (χ3v) is 3.39. The fourth-order valence-corrected chi connectivity index (χ4v) is 2.34. The van der Waals surface area contributed by atoms with Crippen LogP contribution in [0.4, 0.5) is 4.79 Å². The summed E-state index contributed by atoms with van der Waals surface area (Å²) in [5.74, 6) is -2.63. The predicted octanol–water partition coefficient (Wildman–Crippen LogP) is -0.302. The summed E-state index contributed by atoms with van der Waals surface area (Å²) >= 11 is 0. The molecule has 4 N–H and O–H groups in total. The van der Waals surface area contributed by atoms with Gasteiger partial charge in [0.1, 0.15) is 6.04 Å². The number of amides is 2. The Morgan fingerprint density at radius 2 is 2.05 bits per heavy atom. The van der Waals surface area contributed by atoms with Gasteiger partial charge in [-0.1, -0.05) is 6.92 Å². The van der Waals surface area contributed by atoms with Gasteiger partial charge in [0.2, 0.25) is 0 Å². The second-order valence-electron chi connectivity index (χ2n) is 4.77. The van der Waals surface area contributed by atoms with Crippen LogP contribution < -0.4 is 10.6 Å². The number of likely N-dealkylation sites (tertiary alicyclic amines) is 1. The molecular formula is C12H21N3O5. The molecule has 20 heavy (non-hydrogen) atoms. The van der Waals surface area contributed by atoms with E-state index in [9.17, 15) is 14.4 Å². The summed E-state index contributed by atoms with van der Waals surface area (Å²) in [4.78, 5) is 35.2. The Hall–Kier alpha value is -1.83. The zero-order valence-corrected chi connectivity index (χ0v) is 11.5. The van der Waals surface area contributed by atoms with Gasteiger partial charge in [-0.05, 0) is 25.9 Å². The summed E-state index contributed by atoms with van der Waals surface area (Å²) in [6.45, 7) is 4.39. The molecule has 1 rings (SSSR count). The first-order valence-electron chi connectivity index (χ1n) is 6.67. The molecule has 0 aromatic rings. The van der Waals surface area contributed by atoms with Crippen molar-refractivity contribution in [1.82, 2.24) is 15.5 Å². The zero-order chi connectivity index (χ0) is 15.1. The Morgan fingerprint density at radius 3 is 2.60 bits per heavy atom. The molecule has 1 aliphatic heterocycles. The summed E-state index contributed by atoms with van der Waals surface area (Å²) in [7, 11) is 0. The van der Waals surface area contributed by atoms with Crippen LogP contribution >= 0.6 is 0 Å². The number of carbonyl (C=O) groups is 3. The monoisotopic (exact) mass is 287 g/mol. The van der Waals surface area contributed by atoms with Gasteiger partial charge in [-0.2, -0.15) is 0 Å². The minimum absolute atomic E-state index is 0.258. The Labute approximate surface area is 117 Å². The molecule has 0 aliphatic carbocycles. The largest absolute Gasteiger partial charge is 0.481 e. The molecule has 1 fully saturated rings. The zero-order valence-electron chi connectivity index (χ0n) is 11.5. The van der Waals surface area contributed by atoms with Crippen LogP contribution in [-0.4, -0.2) is 64.8 Å². The second kappa shape index (κ2) is 7.68. The van der Waals surface area contributed by atoms with Crippen molar-refractivity contribution in [2.24, 2.45) is 0 Å². The molecule has 114 valence electrons. The number of nitrogens with zero attached hydrogens (tertiary/aromatic N) is 1. The Bertz CT molecular complexity index is 374. The lowest BCUT2D eigenvalue weighted by Gasteiger charge is -2.23. The highest BCUT2D eigenvalue weighted by atomic mass is 16.4. The maximum absolute atomic E-state index is 11.6. The molecule has 0 spiro atoms. The van der Waals surface area contributed by atoms with Gasteiger partial charge < -0.3 is 20.8 Å². The van der Waals surface area contributed by atoms with Crippen molar-refractivity contribution in [3.63, 3.8) is 0 Å². The molecule has 0 aromatic carbocycles. The van der Waals surface area contributed by atoms with Crippen LogP contribution in [-0.2, 0) is 9.59 Å². The SMILES string of the molecule is CCN1CCCC1CNC(=O)N[C@H](CC(=O)O)C(=O)O. The molecule has 2 amide bonds. The molecule has 0 bridgehead atoms. The summed E-state index contributed by atoms with van der Waals surface area (Å²) in [6, 6.07) is -1.81. The number of carboxylic acid groups (broad SMARTS) is 2. The number of carboxylic acids is 2. The van der Waals surface area contributed by atoms with Crippen molar-refractivity contribution in [2.75, 3.05) is 19.6 Å². The van der Waals surface area contributed by atoms with Crippen molar-refractivity contribution in [3.8, 4) is 0 Å². The second-order valence-corrected chi connectivity index (χ2v) is 4.77. The molecular weight excluding hydrogens is 266 g/mol. The minimum atomic E-state index is -1.42. The number of aliphatic carboxylic acids is 2. The fraction of sp³-hybridized carbons (Fsp3) is 0.750. The van der Waals surface area contributed by atoms with Gasteiger partial charge in [-0.25, -0.2) is 9.59 Å². The van der Waals surface area contributed by atoms with Gasteiger partial charge in [0.25, 0.3) is 0 Å². The number of carbonyl (C=O) groups excluding carboxylic acids is 1. The third kappa shape index (κ3) is 5.04. The molecule has 0 radical (unpaired) electrons. The number of hydrogen-bond acceptors (Lipinski definition) is 4. The summed E-state index contributed by atoms with van der Waals surface area (Å²) in [5, 5.41) is 22.1. The van der Waals surface area contributed by atoms with Crippen LogP contribution in [0.1, 0.15) is 26.2 Å². The third-order valence-electron chi connectivity index (χ3n) is 3.39. The topological polar surface area (TPSA) is 119 Å². The Kier molecular flexibility index (Phi) is 6.23. The quantitative estimate of drug-likeness (QED) is 0.510. The van der Waals surface area contributed by atoms with Crippen molar-refractivity contribution >= 4 is 18.0 Å². The lowest BCUT2D eigenvalue weighted by Crippen LogP contribution is -2.49. The van der Waals surface area contributed by atoms with E-state index in [1.54, 1.807) is 0 Å². The van der Waals surface area contributed by atoms with Gasteiger partial charge in [-0.15, -0.1) is 0 Å². The van der Waals surface area contributed by atoms with E-state index in [4.69, 9.17) is 10.2 Å². The van der Waals surface area contributed by atoms with Gasteiger partial charge >= 0.3 is 18.0 Å². The highest BCUT2D eigenvalue weighted by molar-refractivity contribution is 5.86. The molecule has 8 heteroatoms. The maximum Gasteiger partial charge on any atom is 0.326 e. The number of hydrogen-bond donors (Lipinski definition) is 4. The van der Waals surface area contributed by atoms with Crippen LogP contribution in [0.2, 0.25) is 0 Å². The molecule has 1 saturated heterocycles. The first-order valence-corrected chi connectivity index (χ1v) is 6.67. The first-order chi connectivity index (χ1) is 9.43. The average molecular weight is 287 g/mol. The lowest BCUT2D eigenvalue weighted by atomic mass is 10.2. The van der Waals surface area contributed by atoms with Gasteiger partial charge in [0, 0.05) is 12.6 Å². The fourth-order valence-electron chi connectivity index (χ4n) is 2.34. The smallest absolute Gasteiger partial charge is 0.326 e. The van der Waals surface area contributed by atoms with Crippen molar-refractivity contribution < 1.29 is 24.6 Å². The molecule has 1 heterocycles. The first kappa shape index (κ1) is 16.2. The van der Waals surface area contributed by atoms with Crippen LogP contribution in [0.3, 0.4) is 0 Å². The molecule has 0 saturated carbocycles. The van der Waals surface area contributed by atoms with Crippen molar-refractivity contribution in [1.29, 1.82) is 0 Å². The van der Waals surface area contributed by atoms with Crippen molar-refractivity contribution in [3.05, 3.63) is 0 Å². The van der Waals surface area contributed by atoms with E-state index in [0.717, 1.165) is 25.9 Å². The van der Waals surface area contributed by atoms with E-state index in [-0.39, 0.29) is 6.04 Å². The average Bonchev–Trinajstić information content (AvgIpc) is 2.82.